The molecule has 3 aromatic carbocycles. The van der Waals surface area contributed by atoms with E-state index in [0.717, 1.165) is 37.1 Å². The molecule has 0 atom stereocenters. The summed E-state index contributed by atoms with van der Waals surface area (Å²) in [4.78, 5) is 27.7. The number of carbonyl (C=O) groups excluding carboxylic acids is 2. The lowest BCUT2D eigenvalue weighted by Crippen LogP contribution is -2.46. The molecular weight excluding hydrogens is 553 g/mol. The lowest BCUT2D eigenvalue weighted by molar-refractivity contribution is -0.214. The van der Waals surface area contributed by atoms with Crippen LogP contribution in [0.15, 0.2) is 72.8 Å². The molecule has 0 radical (unpaired) electrons. The third-order valence-corrected chi connectivity index (χ3v) is 7.80. The maximum Gasteiger partial charge on any atom is 0.411 e. The molecule has 2 saturated heterocycles. The molecule has 0 bridgehead atoms. The summed E-state index contributed by atoms with van der Waals surface area (Å²) in [6.45, 7) is 6.01. The van der Waals surface area contributed by atoms with E-state index in [9.17, 15) is 14.0 Å². The SMILES string of the molecule is CCOC(=O)Nc1ccc(OCc2ccccc2)cc1C(=O)NCCN1CCC(C2(c3ccc(F)cc3)OCCO2)CC1. The van der Waals surface area contributed by atoms with Crippen molar-refractivity contribution >= 4 is 17.7 Å². The summed E-state index contributed by atoms with van der Waals surface area (Å²) in [7, 11) is 0. The van der Waals surface area contributed by atoms with Crippen LogP contribution in [0, 0.1) is 11.7 Å². The second-order valence-corrected chi connectivity index (χ2v) is 10.6. The molecule has 0 unspecified atom stereocenters. The van der Waals surface area contributed by atoms with E-state index in [1.165, 1.54) is 12.1 Å². The first kappa shape index (κ1) is 30.5. The molecule has 2 amide bonds. The first-order valence-corrected chi connectivity index (χ1v) is 14.8. The van der Waals surface area contributed by atoms with Gasteiger partial charge in [-0.3, -0.25) is 10.1 Å². The quantitative estimate of drug-likeness (QED) is 0.312. The van der Waals surface area contributed by atoms with Crippen molar-refractivity contribution in [2.75, 3.05) is 51.3 Å². The van der Waals surface area contributed by atoms with Gasteiger partial charge in [-0.2, -0.15) is 0 Å². The van der Waals surface area contributed by atoms with Crippen LogP contribution in [0.2, 0.25) is 0 Å². The van der Waals surface area contributed by atoms with Gasteiger partial charge in [-0.05, 0) is 68.8 Å². The molecular formula is C33H38FN3O6. The van der Waals surface area contributed by atoms with Crippen LogP contribution in [-0.2, 0) is 26.6 Å². The molecule has 10 heteroatoms. The van der Waals surface area contributed by atoms with E-state index in [2.05, 4.69) is 15.5 Å². The number of amides is 2. The predicted octanol–water partition coefficient (Wildman–Crippen LogP) is 5.31. The summed E-state index contributed by atoms with van der Waals surface area (Å²) < 4.78 is 36.8. The Kier molecular flexibility index (Phi) is 10.2. The van der Waals surface area contributed by atoms with Crippen molar-refractivity contribution in [3.05, 3.63) is 95.3 Å². The van der Waals surface area contributed by atoms with Gasteiger partial charge in [-0.25, -0.2) is 9.18 Å². The zero-order valence-corrected chi connectivity index (χ0v) is 24.4. The van der Waals surface area contributed by atoms with Crippen molar-refractivity contribution in [2.24, 2.45) is 5.92 Å². The number of halogens is 1. The van der Waals surface area contributed by atoms with Gasteiger partial charge in [-0.1, -0.05) is 42.5 Å². The van der Waals surface area contributed by atoms with E-state index in [4.69, 9.17) is 18.9 Å². The Labute approximate surface area is 251 Å². The van der Waals surface area contributed by atoms with Gasteiger partial charge in [0.15, 0.2) is 5.79 Å². The molecule has 0 aromatic heterocycles. The van der Waals surface area contributed by atoms with Crippen LogP contribution in [0.5, 0.6) is 5.75 Å². The van der Waals surface area contributed by atoms with Crippen LogP contribution < -0.4 is 15.4 Å². The van der Waals surface area contributed by atoms with Gasteiger partial charge in [0.05, 0.1) is 31.1 Å². The monoisotopic (exact) mass is 591 g/mol. The molecule has 2 N–H and O–H groups in total. The Morgan fingerprint density at radius 2 is 1.72 bits per heavy atom. The summed E-state index contributed by atoms with van der Waals surface area (Å²) in [5.74, 6) is -0.804. The molecule has 43 heavy (non-hydrogen) atoms. The van der Waals surface area contributed by atoms with E-state index >= 15 is 0 Å². The van der Waals surface area contributed by atoms with E-state index in [-0.39, 0.29) is 29.8 Å². The van der Waals surface area contributed by atoms with Crippen LogP contribution >= 0.6 is 0 Å². The van der Waals surface area contributed by atoms with Crippen molar-refractivity contribution in [1.29, 1.82) is 0 Å². The Morgan fingerprint density at radius 1 is 1.00 bits per heavy atom. The number of nitrogens with zero attached hydrogens (tertiary/aromatic N) is 1. The van der Waals surface area contributed by atoms with Gasteiger partial charge >= 0.3 is 6.09 Å². The fraction of sp³-hybridized carbons (Fsp3) is 0.394. The Bertz CT molecular complexity index is 1360. The second kappa shape index (κ2) is 14.5. The third-order valence-electron chi connectivity index (χ3n) is 7.80. The molecule has 9 nitrogen and oxygen atoms in total. The van der Waals surface area contributed by atoms with Crippen LogP contribution in [0.3, 0.4) is 0 Å². The number of hydrogen-bond donors (Lipinski definition) is 2. The Morgan fingerprint density at radius 3 is 2.42 bits per heavy atom. The highest BCUT2D eigenvalue weighted by Crippen LogP contribution is 2.43. The predicted molar refractivity (Wildman–Crippen MR) is 159 cm³/mol. The van der Waals surface area contributed by atoms with Gasteiger partial charge in [0, 0.05) is 24.6 Å². The number of carbonyl (C=O) groups is 2. The molecule has 3 aromatic rings. The number of benzene rings is 3. The minimum absolute atomic E-state index is 0.140. The number of piperidine rings is 1. The van der Waals surface area contributed by atoms with Gasteiger partial charge in [-0.15, -0.1) is 0 Å². The summed E-state index contributed by atoms with van der Waals surface area (Å²) in [6, 6.07) is 21.1. The van der Waals surface area contributed by atoms with Crippen molar-refractivity contribution in [3.63, 3.8) is 0 Å². The van der Waals surface area contributed by atoms with Gasteiger partial charge in [0.25, 0.3) is 5.91 Å². The van der Waals surface area contributed by atoms with Crippen molar-refractivity contribution in [2.45, 2.75) is 32.2 Å². The topological polar surface area (TPSA) is 98.4 Å². The van der Waals surface area contributed by atoms with E-state index in [1.807, 2.05) is 30.3 Å². The lowest BCUT2D eigenvalue weighted by atomic mass is 9.84. The molecule has 2 heterocycles. The summed E-state index contributed by atoms with van der Waals surface area (Å²) in [6.07, 6.45) is 1.06. The molecule has 0 spiro atoms. The average Bonchev–Trinajstić information content (AvgIpc) is 3.53. The molecule has 0 aliphatic carbocycles. The zero-order valence-electron chi connectivity index (χ0n) is 24.4. The molecule has 2 aliphatic heterocycles. The number of ether oxygens (including phenoxy) is 4. The largest absolute Gasteiger partial charge is 0.489 e. The third kappa shape index (κ3) is 7.70. The van der Waals surface area contributed by atoms with Gasteiger partial charge in [0.1, 0.15) is 18.2 Å². The minimum Gasteiger partial charge on any atom is -0.489 e. The Balaban J connectivity index is 1.17. The molecule has 0 saturated carbocycles. The molecule has 5 rings (SSSR count). The molecule has 2 fully saturated rings. The van der Waals surface area contributed by atoms with Crippen LogP contribution in [0.4, 0.5) is 14.9 Å². The average molecular weight is 592 g/mol. The van der Waals surface area contributed by atoms with Gasteiger partial charge in [0.2, 0.25) is 0 Å². The van der Waals surface area contributed by atoms with Crippen molar-refractivity contribution in [3.8, 4) is 5.75 Å². The standard InChI is InChI=1S/C33H38FN3O6/c1-2-40-32(39)36-30-13-12-28(41-23-24-6-4-3-5-7-24)22-29(30)31(38)35-16-19-37-17-14-26(15-18-37)33(42-20-21-43-33)25-8-10-27(34)11-9-25/h3-13,22,26H,2,14-21,23H2,1H3,(H,35,38)(H,36,39). The highest BCUT2D eigenvalue weighted by atomic mass is 19.1. The highest BCUT2D eigenvalue weighted by molar-refractivity contribution is 6.03. The number of likely N-dealkylation sites (tertiary alicyclic amines) is 1. The summed E-state index contributed by atoms with van der Waals surface area (Å²) in [5, 5.41) is 5.64. The number of anilines is 1. The first-order chi connectivity index (χ1) is 21.0. The molecule has 228 valence electrons. The molecule has 2 aliphatic rings. The first-order valence-electron chi connectivity index (χ1n) is 14.8. The fourth-order valence-electron chi connectivity index (χ4n) is 5.64. The lowest BCUT2D eigenvalue weighted by Gasteiger charge is -2.41. The van der Waals surface area contributed by atoms with Crippen molar-refractivity contribution in [1.82, 2.24) is 10.2 Å². The second-order valence-electron chi connectivity index (χ2n) is 10.6. The van der Waals surface area contributed by atoms with Crippen molar-refractivity contribution < 1.29 is 32.9 Å². The summed E-state index contributed by atoms with van der Waals surface area (Å²) >= 11 is 0. The fourth-order valence-corrected chi connectivity index (χ4v) is 5.64. The maximum absolute atomic E-state index is 13.6. The van der Waals surface area contributed by atoms with Gasteiger partial charge < -0.3 is 29.2 Å². The smallest absolute Gasteiger partial charge is 0.411 e. The van der Waals surface area contributed by atoms with Crippen LogP contribution in [0.25, 0.3) is 0 Å². The number of rotatable bonds is 11. The normalized spacial score (nSPS) is 16.9. The van der Waals surface area contributed by atoms with Crippen LogP contribution in [0.1, 0.15) is 41.3 Å². The Hall–Kier alpha value is -3.99. The van der Waals surface area contributed by atoms with E-state index in [1.54, 1.807) is 37.3 Å². The number of hydrogen-bond acceptors (Lipinski definition) is 7. The summed E-state index contributed by atoms with van der Waals surface area (Å²) in [5.41, 5.74) is 2.47. The van der Waals surface area contributed by atoms with E-state index in [0.29, 0.717) is 44.3 Å². The maximum atomic E-state index is 13.6. The minimum atomic E-state index is -0.843. The number of nitrogens with one attached hydrogen (secondary N) is 2. The zero-order chi connectivity index (χ0) is 30.1. The highest BCUT2D eigenvalue weighted by Gasteiger charge is 2.46. The van der Waals surface area contributed by atoms with E-state index < -0.39 is 11.9 Å². The van der Waals surface area contributed by atoms with Crippen LogP contribution in [-0.4, -0.2) is 62.9 Å².